The van der Waals surface area contributed by atoms with Crippen LogP contribution in [-0.4, -0.2) is 16.5 Å². The van der Waals surface area contributed by atoms with Crippen LogP contribution in [0.25, 0.3) is 21.5 Å². The first-order valence-corrected chi connectivity index (χ1v) is 10.4. The fraction of sp³-hybridized carbons (Fsp3) is 0.0714. The van der Waals surface area contributed by atoms with Gasteiger partial charge in [0, 0.05) is 17.8 Å². The molecule has 0 aliphatic rings. The second-order valence-corrected chi connectivity index (χ2v) is 7.65. The lowest BCUT2D eigenvalue weighted by molar-refractivity contribution is 0.905. The van der Waals surface area contributed by atoms with E-state index < -0.39 is 0 Å². The minimum atomic E-state index is 0.974. The van der Waals surface area contributed by atoms with E-state index in [0.29, 0.717) is 0 Å². The first kappa shape index (κ1) is 19.0. The Kier molecular flexibility index (Phi) is 4.93. The Bertz CT molecular complexity index is 1440. The van der Waals surface area contributed by atoms with Crippen molar-refractivity contribution in [3.05, 3.63) is 108 Å². The van der Waals surface area contributed by atoms with E-state index in [1.165, 1.54) is 10.8 Å². The highest BCUT2D eigenvalue weighted by Gasteiger charge is 2.08. The quantitative estimate of drug-likeness (QED) is 0.285. The number of rotatable bonds is 4. The van der Waals surface area contributed by atoms with E-state index in [9.17, 15) is 0 Å². The zero-order chi connectivity index (χ0) is 21.2. The molecule has 0 aliphatic carbocycles. The Morgan fingerprint density at radius 2 is 1.26 bits per heavy atom. The van der Waals surface area contributed by atoms with E-state index in [-0.39, 0.29) is 0 Å². The number of nitrogens with zero attached hydrogens (tertiary/aromatic N) is 3. The van der Waals surface area contributed by atoms with Crippen molar-refractivity contribution in [2.75, 3.05) is 0 Å². The van der Waals surface area contributed by atoms with Crippen molar-refractivity contribution in [3.63, 3.8) is 0 Å². The number of aromatic nitrogens is 1. The number of hydrogen-bond donors (Lipinski definition) is 0. The molecule has 0 fully saturated rings. The normalized spacial score (nSPS) is 12.3. The molecule has 0 aliphatic heterocycles. The van der Waals surface area contributed by atoms with E-state index in [1.54, 1.807) is 0 Å². The Hall–Kier alpha value is -3.98. The summed E-state index contributed by atoms with van der Waals surface area (Å²) < 4.78 is 2.14. The number of benzene rings is 4. The predicted octanol–water partition coefficient (Wildman–Crippen LogP) is 7.22. The first-order chi connectivity index (χ1) is 15.2. The molecule has 4 aromatic carbocycles. The summed E-state index contributed by atoms with van der Waals surface area (Å²) in [6.07, 6.45) is 1.93. The second kappa shape index (κ2) is 8.04. The van der Waals surface area contributed by atoms with Gasteiger partial charge in [0.05, 0.1) is 34.7 Å². The van der Waals surface area contributed by atoms with Gasteiger partial charge < -0.3 is 4.57 Å². The molecule has 1 heterocycles. The van der Waals surface area contributed by atoms with Gasteiger partial charge in [-0.3, -0.25) is 9.98 Å². The Morgan fingerprint density at radius 3 is 1.97 bits per heavy atom. The third-order valence-electron chi connectivity index (χ3n) is 5.69. The fourth-order valence-electron chi connectivity index (χ4n) is 4.02. The zero-order valence-electron chi connectivity index (χ0n) is 17.7. The Morgan fingerprint density at radius 1 is 0.677 bits per heavy atom. The number of aliphatic imine (C=N–C) groups is 2. The van der Waals surface area contributed by atoms with E-state index in [1.807, 2.05) is 12.3 Å². The molecule has 0 unspecified atom stereocenters. The molecule has 0 bridgehead atoms. The lowest BCUT2D eigenvalue weighted by Gasteiger charge is -2.07. The van der Waals surface area contributed by atoms with E-state index in [0.717, 1.165) is 39.2 Å². The summed E-state index contributed by atoms with van der Waals surface area (Å²) in [5.41, 5.74) is 5.05. The molecule has 0 saturated carbocycles. The van der Waals surface area contributed by atoms with Crippen LogP contribution >= 0.6 is 0 Å². The minimum absolute atomic E-state index is 0.974. The molecule has 5 rings (SSSR count). The maximum atomic E-state index is 4.94. The summed E-state index contributed by atoms with van der Waals surface area (Å²) in [7, 11) is 2.06. The predicted molar refractivity (Wildman–Crippen MR) is 132 cm³/mol. The molecular formula is C28H23N3. The summed E-state index contributed by atoms with van der Waals surface area (Å²) in [6, 6.07) is 33.3. The van der Waals surface area contributed by atoms with E-state index in [2.05, 4.69) is 110 Å². The third kappa shape index (κ3) is 3.66. The molecule has 0 saturated heterocycles. The first-order valence-electron chi connectivity index (χ1n) is 10.4. The van der Waals surface area contributed by atoms with Gasteiger partial charge in [0.1, 0.15) is 0 Å². The molecule has 0 amide bonds. The van der Waals surface area contributed by atoms with Gasteiger partial charge >= 0.3 is 0 Å². The summed E-state index contributed by atoms with van der Waals surface area (Å²) in [4.78, 5) is 9.72. The molecule has 31 heavy (non-hydrogen) atoms. The van der Waals surface area contributed by atoms with Crippen molar-refractivity contribution < 1.29 is 0 Å². The average molecular weight is 402 g/mol. The van der Waals surface area contributed by atoms with E-state index >= 15 is 0 Å². The van der Waals surface area contributed by atoms with Crippen molar-refractivity contribution in [2.45, 2.75) is 6.92 Å². The SMILES string of the molecule is CC(=Nc1cccc2ccccc12)c1ccc(C=Nc2cccc3ccccc23)n1C. The summed E-state index contributed by atoms with van der Waals surface area (Å²) in [6.45, 7) is 2.06. The van der Waals surface area contributed by atoms with Gasteiger partial charge in [-0.05, 0) is 42.0 Å². The van der Waals surface area contributed by atoms with Gasteiger partial charge in [-0.15, -0.1) is 0 Å². The van der Waals surface area contributed by atoms with Crippen LogP contribution in [0.15, 0.2) is 107 Å². The van der Waals surface area contributed by atoms with Gasteiger partial charge in [-0.2, -0.15) is 0 Å². The van der Waals surface area contributed by atoms with E-state index in [4.69, 9.17) is 9.98 Å². The zero-order valence-corrected chi connectivity index (χ0v) is 17.7. The lowest BCUT2D eigenvalue weighted by Crippen LogP contribution is -2.05. The number of fused-ring (bicyclic) bond motifs is 2. The van der Waals surface area contributed by atoms with Crippen molar-refractivity contribution in [2.24, 2.45) is 17.0 Å². The van der Waals surface area contributed by atoms with Crippen LogP contribution in [0.1, 0.15) is 18.3 Å². The molecule has 3 nitrogen and oxygen atoms in total. The van der Waals surface area contributed by atoms with Crippen molar-refractivity contribution in [1.29, 1.82) is 0 Å². The molecule has 0 spiro atoms. The summed E-state index contributed by atoms with van der Waals surface area (Å²) >= 11 is 0. The molecule has 5 aromatic rings. The molecule has 0 radical (unpaired) electrons. The van der Waals surface area contributed by atoms with Gasteiger partial charge in [-0.25, -0.2) is 0 Å². The standard InChI is InChI=1S/C28H23N3/c1-20(30-27-16-8-12-22-10-4-6-14-25(22)27)28-18-17-23(31(28)2)19-29-26-15-7-11-21-9-3-5-13-24(21)26/h3-19H,1-2H3. The van der Waals surface area contributed by atoms with Crippen molar-refractivity contribution in [3.8, 4) is 0 Å². The van der Waals surface area contributed by atoms with Crippen LogP contribution in [-0.2, 0) is 7.05 Å². The minimum Gasteiger partial charge on any atom is -0.342 e. The highest BCUT2D eigenvalue weighted by atomic mass is 15.0. The largest absolute Gasteiger partial charge is 0.342 e. The number of hydrogen-bond acceptors (Lipinski definition) is 2. The van der Waals surface area contributed by atoms with Crippen molar-refractivity contribution >= 4 is 44.8 Å². The van der Waals surface area contributed by atoms with Gasteiger partial charge in [0.15, 0.2) is 0 Å². The average Bonchev–Trinajstić information content (AvgIpc) is 3.18. The molecule has 150 valence electrons. The summed E-state index contributed by atoms with van der Waals surface area (Å²) in [5, 5.41) is 4.72. The van der Waals surface area contributed by atoms with Crippen LogP contribution in [0.5, 0.6) is 0 Å². The molecule has 0 atom stereocenters. The summed E-state index contributed by atoms with van der Waals surface area (Å²) in [5.74, 6) is 0. The van der Waals surface area contributed by atoms with Crippen LogP contribution in [0.4, 0.5) is 11.4 Å². The smallest absolute Gasteiger partial charge is 0.0712 e. The molecule has 0 N–H and O–H groups in total. The monoisotopic (exact) mass is 401 g/mol. The fourth-order valence-corrected chi connectivity index (χ4v) is 4.02. The lowest BCUT2D eigenvalue weighted by atomic mass is 10.1. The maximum absolute atomic E-state index is 4.94. The van der Waals surface area contributed by atoms with Gasteiger partial charge in [0.2, 0.25) is 0 Å². The van der Waals surface area contributed by atoms with Gasteiger partial charge in [0.25, 0.3) is 0 Å². The van der Waals surface area contributed by atoms with Gasteiger partial charge in [-0.1, -0.05) is 72.8 Å². The van der Waals surface area contributed by atoms with Crippen LogP contribution in [0, 0.1) is 0 Å². The molecule has 3 heteroatoms. The van der Waals surface area contributed by atoms with Crippen LogP contribution in [0.2, 0.25) is 0 Å². The molecule has 1 aromatic heterocycles. The van der Waals surface area contributed by atoms with Crippen LogP contribution < -0.4 is 0 Å². The topological polar surface area (TPSA) is 29.6 Å². The second-order valence-electron chi connectivity index (χ2n) is 7.65. The Balaban J connectivity index is 1.48. The van der Waals surface area contributed by atoms with Crippen molar-refractivity contribution in [1.82, 2.24) is 4.57 Å². The third-order valence-corrected chi connectivity index (χ3v) is 5.69. The maximum Gasteiger partial charge on any atom is 0.0712 e. The highest BCUT2D eigenvalue weighted by molar-refractivity contribution is 6.03. The van der Waals surface area contributed by atoms with Crippen LogP contribution in [0.3, 0.4) is 0 Å². The highest BCUT2D eigenvalue weighted by Crippen LogP contribution is 2.27. The molecular weight excluding hydrogens is 378 g/mol. The Labute approximate surface area is 182 Å².